The number of aromatic nitrogens is 1. The number of halogens is 1. The summed E-state index contributed by atoms with van der Waals surface area (Å²) in [6.45, 7) is 1.30. The van der Waals surface area contributed by atoms with Gasteiger partial charge in [-0.3, -0.25) is 0 Å². The van der Waals surface area contributed by atoms with Crippen LogP contribution in [0.5, 0.6) is 0 Å². The molecule has 0 aliphatic carbocycles. The number of hydrogen-bond acceptors (Lipinski definition) is 3. The van der Waals surface area contributed by atoms with Crippen molar-refractivity contribution in [3.8, 4) is 5.69 Å². The predicted octanol–water partition coefficient (Wildman–Crippen LogP) is 3.81. The highest BCUT2D eigenvalue weighted by Crippen LogP contribution is 2.40. The molecule has 24 heavy (non-hydrogen) atoms. The monoisotopic (exact) mass is 345 g/mol. The second-order valence-electron chi connectivity index (χ2n) is 6.39. The number of anilines is 1. The number of alkyl halides is 1. The molecule has 0 saturated carbocycles. The molecule has 2 aromatic heterocycles. The van der Waals surface area contributed by atoms with E-state index < -0.39 is 16.9 Å². The minimum absolute atomic E-state index is 0.236. The van der Waals surface area contributed by atoms with E-state index in [1.165, 1.54) is 0 Å². The maximum Gasteiger partial charge on any atom is 0.204 e. The first-order valence-corrected chi connectivity index (χ1v) is 9.33. The van der Waals surface area contributed by atoms with Crippen molar-refractivity contribution in [2.75, 3.05) is 25.5 Å². The first-order chi connectivity index (χ1) is 11.6. The topological polar surface area (TPSA) is 43.3 Å². The summed E-state index contributed by atoms with van der Waals surface area (Å²) in [6, 6.07) is 9.45. The molecule has 0 bridgehead atoms. The van der Waals surface area contributed by atoms with E-state index in [1.807, 2.05) is 59.2 Å². The van der Waals surface area contributed by atoms with Crippen LogP contribution in [0.1, 0.15) is 6.42 Å². The second kappa shape index (κ2) is 6.20. The highest BCUT2D eigenvalue weighted by molar-refractivity contribution is 7.31. The van der Waals surface area contributed by atoms with Gasteiger partial charge in [-0.15, -0.1) is 0 Å². The zero-order valence-electron chi connectivity index (χ0n) is 13.5. The Bertz CT molecular complexity index is 845. The van der Waals surface area contributed by atoms with Crippen LogP contribution < -0.4 is 5.32 Å². The third kappa shape index (κ3) is 2.70. The Labute approximate surface area is 143 Å². The van der Waals surface area contributed by atoms with Crippen LogP contribution >= 0.6 is 10.8 Å². The normalized spacial score (nSPS) is 22.9. The molecular formula is C18H20FN3OS. The second-order valence-corrected chi connectivity index (χ2v) is 7.63. The molecule has 0 radical (unpaired) electrons. The number of fused-ring (bicyclic) bond motifs is 1. The molecule has 1 N–H and O–H groups in total. The smallest absolute Gasteiger partial charge is 0.204 e. The van der Waals surface area contributed by atoms with E-state index in [-0.39, 0.29) is 6.04 Å². The Kier molecular flexibility index (Phi) is 4.04. The van der Waals surface area contributed by atoms with Gasteiger partial charge in [0, 0.05) is 25.5 Å². The fraction of sp³-hybridized carbons (Fsp3) is 0.333. The van der Waals surface area contributed by atoms with E-state index in [1.54, 1.807) is 5.38 Å². The molecule has 0 amide bonds. The molecule has 3 atom stereocenters. The number of piperidine rings is 1. The van der Waals surface area contributed by atoms with Gasteiger partial charge in [-0.05, 0) is 48.5 Å². The van der Waals surface area contributed by atoms with Crippen molar-refractivity contribution in [3.05, 3.63) is 48.1 Å². The molecule has 1 aliphatic rings. The van der Waals surface area contributed by atoms with Crippen LogP contribution in [-0.4, -0.2) is 46.4 Å². The van der Waals surface area contributed by atoms with E-state index in [2.05, 4.69) is 5.32 Å². The van der Waals surface area contributed by atoms with Gasteiger partial charge in [-0.2, -0.15) is 0 Å². The Morgan fingerprint density at radius 2 is 2.04 bits per heavy atom. The summed E-state index contributed by atoms with van der Waals surface area (Å²) in [5.74, 6) is 0. The van der Waals surface area contributed by atoms with Gasteiger partial charge in [0.25, 0.3) is 0 Å². The van der Waals surface area contributed by atoms with Crippen LogP contribution in [0.4, 0.5) is 10.1 Å². The Morgan fingerprint density at radius 1 is 1.25 bits per heavy atom. The van der Waals surface area contributed by atoms with Gasteiger partial charge in [0.05, 0.1) is 17.1 Å². The van der Waals surface area contributed by atoms with Crippen LogP contribution in [0.15, 0.2) is 48.1 Å². The Morgan fingerprint density at radius 3 is 2.79 bits per heavy atom. The highest BCUT2D eigenvalue weighted by Gasteiger charge is 2.29. The Balaban J connectivity index is 1.72. The molecule has 3 heterocycles. The molecule has 1 saturated heterocycles. The maximum absolute atomic E-state index is 14.3. The highest BCUT2D eigenvalue weighted by atomic mass is 32.2. The third-order valence-corrected chi connectivity index (χ3v) is 5.96. The average molecular weight is 345 g/mol. The lowest BCUT2D eigenvalue weighted by Gasteiger charge is -2.33. The average Bonchev–Trinajstić information content (AvgIpc) is 3.19. The largest absolute Gasteiger partial charge is 0.590 e. The molecule has 1 fully saturated rings. The standard InChI is InChI=1S/C18H20FN3OS/c1-21-10-7-15(14(19)11-21)20-16-6-4-5-13-17(12-24(23)18(13)16)22-8-2-3-9-22/h2-6,8-9,12,14-15,20H,7,10-11H2,1H3/t14-,15-,24?/m1/s1. The lowest BCUT2D eigenvalue weighted by molar-refractivity contribution is 0.149. The summed E-state index contributed by atoms with van der Waals surface area (Å²) >= 11 is 0. The van der Waals surface area contributed by atoms with Gasteiger partial charge in [0.1, 0.15) is 11.9 Å². The number of benzene rings is 1. The van der Waals surface area contributed by atoms with Crippen molar-refractivity contribution in [2.45, 2.75) is 18.6 Å². The van der Waals surface area contributed by atoms with Gasteiger partial charge < -0.3 is 19.3 Å². The minimum atomic E-state index is -1.22. The van der Waals surface area contributed by atoms with E-state index in [4.69, 9.17) is 0 Å². The molecular weight excluding hydrogens is 325 g/mol. The minimum Gasteiger partial charge on any atom is -0.590 e. The molecule has 1 aromatic carbocycles. The zero-order valence-corrected chi connectivity index (χ0v) is 14.3. The summed E-state index contributed by atoms with van der Waals surface area (Å²) in [6.07, 6.45) is 3.69. The molecule has 4 rings (SSSR count). The first-order valence-electron chi connectivity index (χ1n) is 8.12. The van der Waals surface area contributed by atoms with E-state index in [0.717, 1.165) is 34.4 Å². The summed E-state index contributed by atoms with van der Waals surface area (Å²) in [7, 11) is 0.711. The third-order valence-electron chi connectivity index (χ3n) is 4.68. The summed E-state index contributed by atoms with van der Waals surface area (Å²) in [4.78, 5) is 2.00. The predicted molar refractivity (Wildman–Crippen MR) is 96.4 cm³/mol. The van der Waals surface area contributed by atoms with Crippen LogP contribution in [0, 0.1) is 0 Å². The number of hydrogen-bond donors (Lipinski definition) is 1. The number of thiophene rings is 1. The lowest BCUT2D eigenvalue weighted by Crippen LogP contribution is -2.46. The van der Waals surface area contributed by atoms with Gasteiger partial charge in [0.15, 0.2) is 5.38 Å². The Hall–Kier alpha value is -1.89. The molecule has 1 aliphatic heterocycles. The molecule has 0 spiro atoms. The SMILES string of the molecule is CN1CC[C@@H](Nc2cccc3c(-n4cccc4)c[s+]([O-])c23)[C@H](F)C1. The maximum atomic E-state index is 14.3. The van der Waals surface area contributed by atoms with Gasteiger partial charge in [-0.25, -0.2) is 4.39 Å². The van der Waals surface area contributed by atoms with Crippen LogP contribution in [0.3, 0.4) is 0 Å². The van der Waals surface area contributed by atoms with Crippen LogP contribution in [0.25, 0.3) is 15.8 Å². The quantitative estimate of drug-likeness (QED) is 0.734. The molecule has 126 valence electrons. The fourth-order valence-electron chi connectivity index (χ4n) is 3.41. The van der Waals surface area contributed by atoms with Crippen molar-refractivity contribution in [1.82, 2.24) is 9.47 Å². The van der Waals surface area contributed by atoms with Crippen molar-refractivity contribution in [2.24, 2.45) is 0 Å². The van der Waals surface area contributed by atoms with E-state index in [0.29, 0.717) is 6.54 Å². The van der Waals surface area contributed by atoms with Crippen LogP contribution in [-0.2, 0) is 0 Å². The fourth-order valence-corrected chi connectivity index (χ4v) is 4.71. The molecule has 4 nitrogen and oxygen atoms in total. The number of rotatable bonds is 3. The number of nitrogens with zero attached hydrogens (tertiary/aromatic N) is 2. The molecule has 3 aromatic rings. The number of likely N-dealkylation sites (tertiary alicyclic amines) is 1. The van der Waals surface area contributed by atoms with Crippen molar-refractivity contribution < 1.29 is 8.94 Å². The van der Waals surface area contributed by atoms with Crippen molar-refractivity contribution in [3.63, 3.8) is 0 Å². The van der Waals surface area contributed by atoms with Crippen molar-refractivity contribution in [1.29, 1.82) is 0 Å². The lowest BCUT2D eigenvalue weighted by atomic mass is 10.0. The van der Waals surface area contributed by atoms with E-state index in [9.17, 15) is 8.94 Å². The zero-order chi connectivity index (χ0) is 16.7. The van der Waals surface area contributed by atoms with Gasteiger partial charge in [0.2, 0.25) is 4.70 Å². The van der Waals surface area contributed by atoms with E-state index >= 15 is 0 Å². The van der Waals surface area contributed by atoms with Gasteiger partial charge in [-0.1, -0.05) is 6.07 Å². The van der Waals surface area contributed by atoms with Gasteiger partial charge >= 0.3 is 0 Å². The summed E-state index contributed by atoms with van der Waals surface area (Å²) in [5, 5.41) is 6.01. The van der Waals surface area contributed by atoms with Crippen molar-refractivity contribution >= 4 is 26.5 Å². The first kappa shape index (κ1) is 15.6. The van der Waals surface area contributed by atoms with Crippen LogP contribution in [0.2, 0.25) is 0 Å². The summed E-state index contributed by atoms with van der Waals surface area (Å²) < 4.78 is 29.7. The molecule has 6 heteroatoms. The number of nitrogens with one attached hydrogen (secondary N) is 1. The molecule has 1 unspecified atom stereocenters. The summed E-state index contributed by atoms with van der Waals surface area (Å²) in [5.41, 5.74) is 1.69.